The molecule has 0 saturated carbocycles. The van der Waals surface area contributed by atoms with Gasteiger partial charge in [-0.15, -0.1) is 0 Å². The summed E-state index contributed by atoms with van der Waals surface area (Å²) in [5.41, 5.74) is 7.70. The first-order valence-electron chi connectivity index (χ1n) is 8.82. The third-order valence-electron chi connectivity index (χ3n) is 5.23. The fourth-order valence-corrected chi connectivity index (χ4v) is 4.08. The van der Waals surface area contributed by atoms with Gasteiger partial charge in [0.2, 0.25) is 0 Å². The maximum Gasteiger partial charge on any atom is 0.408 e. The molecular formula is C18H26N4O3. The molecule has 0 spiro atoms. The second kappa shape index (κ2) is 7.31. The third-order valence-corrected chi connectivity index (χ3v) is 5.23. The molecule has 2 fully saturated rings. The predicted octanol–water partition coefficient (Wildman–Crippen LogP) is 1.49. The van der Waals surface area contributed by atoms with Crippen LogP contribution in [-0.2, 0) is 4.79 Å². The van der Waals surface area contributed by atoms with Crippen LogP contribution in [0.2, 0.25) is 0 Å². The average Bonchev–Trinajstić information content (AvgIpc) is 3.08. The molecule has 25 heavy (non-hydrogen) atoms. The summed E-state index contributed by atoms with van der Waals surface area (Å²) >= 11 is 0. The number of piperazine rings is 1. The highest BCUT2D eigenvalue weighted by atomic mass is 16.4. The fourth-order valence-electron chi connectivity index (χ4n) is 4.08. The monoisotopic (exact) mass is 346 g/mol. The highest BCUT2D eigenvalue weighted by molar-refractivity contribution is 5.87. The van der Waals surface area contributed by atoms with Crippen LogP contribution in [0.1, 0.15) is 19.8 Å². The molecule has 0 bridgehead atoms. The van der Waals surface area contributed by atoms with Gasteiger partial charge in [-0.25, -0.2) is 4.79 Å². The van der Waals surface area contributed by atoms with Crippen molar-refractivity contribution < 1.29 is 14.7 Å². The van der Waals surface area contributed by atoms with Gasteiger partial charge in [0.25, 0.3) is 0 Å². The van der Waals surface area contributed by atoms with Gasteiger partial charge < -0.3 is 20.6 Å². The summed E-state index contributed by atoms with van der Waals surface area (Å²) in [5, 5.41) is 9.56. The van der Waals surface area contributed by atoms with Crippen molar-refractivity contribution in [3.63, 3.8) is 0 Å². The third kappa shape index (κ3) is 3.56. The largest absolute Gasteiger partial charge is 0.465 e. The summed E-state index contributed by atoms with van der Waals surface area (Å²) in [6.07, 6.45) is 1.26. The lowest BCUT2D eigenvalue weighted by molar-refractivity contribution is -0.123. The lowest BCUT2D eigenvalue weighted by atomic mass is 9.96. The number of likely N-dealkylation sites (tertiary alicyclic amines) is 1. The van der Waals surface area contributed by atoms with Gasteiger partial charge in [0.05, 0.1) is 17.4 Å². The van der Waals surface area contributed by atoms with Crippen molar-refractivity contribution in [2.45, 2.75) is 31.8 Å². The quantitative estimate of drug-likeness (QED) is 0.803. The number of ketones is 1. The predicted molar refractivity (Wildman–Crippen MR) is 96.9 cm³/mol. The van der Waals surface area contributed by atoms with Gasteiger partial charge in [-0.3, -0.25) is 9.69 Å². The molecule has 3 N–H and O–H groups in total. The van der Waals surface area contributed by atoms with Crippen molar-refractivity contribution in [2.24, 2.45) is 0 Å². The molecule has 1 aromatic rings. The summed E-state index contributed by atoms with van der Waals surface area (Å²) < 4.78 is 0. The molecule has 2 aliphatic heterocycles. The number of carbonyl (C=O) groups excluding carboxylic acids is 1. The summed E-state index contributed by atoms with van der Waals surface area (Å²) in [5.74, 6) is -0.120. The molecule has 2 heterocycles. The average molecular weight is 346 g/mol. The van der Waals surface area contributed by atoms with Crippen LogP contribution in [0.15, 0.2) is 24.3 Å². The van der Waals surface area contributed by atoms with Gasteiger partial charge in [-0.1, -0.05) is 12.1 Å². The van der Waals surface area contributed by atoms with Crippen LogP contribution in [0.3, 0.4) is 0 Å². The molecule has 7 nitrogen and oxygen atoms in total. The number of para-hydroxylation sites is 2. The molecule has 0 aromatic heterocycles. The SMILES string of the molecule is CC(=O)C1C(CN2CCCC2)N(c2ccccc2N)CCN1C(=O)O. The van der Waals surface area contributed by atoms with E-state index in [9.17, 15) is 14.7 Å². The van der Waals surface area contributed by atoms with Gasteiger partial charge in [0.15, 0.2) is 5.78 Å². The zero-order valence-electron chi connectivity index (χ0n) is 14.6. The molecule has 2 saturated heterocycles. The van der Waals surface area contributed by atoms with Crippen LogP contribution in [0.5, 0.6) is 0 Å². The number of anilines is 2. The summed E-state index contributed by atoms with van der Waals surface area (Å²) in [6.45, 7) is 4.96. The molecule has 2 unspecified atom stereocenters. The fraction of sp³-hybridized carbons (Fsp3) is 0.556. The molecule has 1 amide bonds. The number of carboxylic acid groups (broad SMARTS) is 1. The van der Waals surface area contributed by atoms with Crippen LogP contribution in [0.25, 0.3) is 0 Å². The van der Waals surface area contributed by atoms with Crippen LogP contribution >= 0.6 is 0 Å². The Morgan fingerprint density at radius 2 is 1.84 bits per heavy atom. The second-order valence-electron chi connectivity index (χ2n) is 6.86. The number of amides is 1. The highest BCUT2D eigenvalue weighted by Gasteiger charge is 2.43. The minimum Gasteiger partial charge on any atom is -0.465 e. The van der Waals surface area contributed by atoms with Crippen molar-refractivity contribution in [3.8, 4) is 0 Å². The smallest absolute Gasteiger partial charge is 0.408 e. The van der Waals surface area contributed by atoms with E-state index in [4.69, 9.17) is 5.73 Å². The Balaban J connectivity index is 1.96. The normalized spacial score (nSPS) is 24.5. The minimum absolute atomic E-state index is 0.120. The number of hydrogen-bond donors (Lipinski definition) is 2. The molecule has 0 radical (unpaired) electrons. The summed E-state index contributed by atoms with van der Waals surface area (Å²) in [6, 6.07) is 6.68. The van der Waals surface area contributed by atoms with E-state index in [2.05, 4.69) is 9.80 Å². The van der Waals surface area contributed by atoms with E-state index in [0.29, 0.717) is 25.3 Å². The molecule has 136 valence electrons. The van der Waals surface area contributed by atoms with Gasteiger partial charge in [0, 0.05) is 19.6 Å². The van der Waals surface area contributed by atoms with E-state index in [-0.39, 0.29) is 11.8 Å². The Morgan fingerprint density at radius 1 is 1.16 bits per heavy atom. The van der Waals surface area contributed by atoms with Crippen LogP contribution in [-0.4, -0.2) is 71.6 Å². The minimum atomic E-state index is -1.03. The first kappa shape index (κ1) is 17.5. The number of carbonyl (C=O) groups is 2. The number of benzene rings is 1. The van der Waals surface area contributed by atoms with Crippen molar-refractivity contribution in [1.29, 1.82) is 0 Å². The number of Topliss-reactive ketones (excluding diaryl/α,β-unsaturated/α-hetero) is 1. The molecule has 7 heteroatoms. The number of nitrogens with two attached hydrogens (primary N) is 1. The van der Waals surface area contributed by atoms with E-state index < -0.39 is 12.1 Å². The molecule has 0 aliphatic carbocycles. The number of hydrogen-bond acceptors (Lipinski definition) is 5. The maximum atomic E-state index is 12.4. The molecular weight excluding hydrogens is 320 g/mol. The Morgan fingerprint density at radius 3 is 2.44 bits per heavy atom. The van der Waals surface area contributed by atoms with Crippen LogP contribution in [0.4, 0.5) is 16.2 Å². The maximum absolute atomic E-state index is 12.4. The summed E-state index contributed by atoms with van der Waals surface area (Å²) in [4.78, 5) is 29.8. The second-order valence-corrected chi connectivity index (χ2v) is 6.86. The standard InChI is InChI=1S/C18H26N4O3/c1-13(23)17-16(12-20-8-4-5-9-20)21(10-11-22(17)18(24)25)15-7-3-2-6-14(15)19/h2-3,6-7,16-17H,4-5,8-12,19H2,1H3,(H,24,25). The molecule has 2 atom stereocenters. The Bertz CT molecular complexity index is 645. The van der Waals surface area contributed by atoms with Crippen LogP contribution < -0.4 is 10.6 Å². The van der Waals surface area contributed by atoms with E-state index in [0.717, 1.165) is 31.6 Å². The summed E-state index contributed by atoms with van der Waals surface area (Å²) in [7, 11) is 0. The van der Waals surface area contributed by atoms with E-state index in [1.165, 1.54) is 11.8 Å². The van der Waals surface area contributed by atoms with Crippen molar-refractivity contribution >= 4 is 23.3 Å². The molecule has 1 aromatic carbocycles. The topological polar surface area (TPSA) is 90.1 Å². The van der Waals surface area contributed by atoms with Gasteiger partial charge in [-0.05, 0) is 45.0 Å². The van der Waals surface area contributed by atoms with E-state index in [1.807, 2.05) is 24.3 Å². The Hall–Kier alpha value is -2.28. The van der Waals surface area contributed by atoms with Crippen molar-refractivity contribution in [1.82, 2.24) is 9.80 Å². The zero-order chi connectivity index (χ0) is 18.0. The first-order valence-corrected chi connectivity index (χ1v) is 8.82. The van der Waals surface area contributed by atoms with E-state index in [1.54, 1.807) is 0 Å². The number of nitrogen functional groups attached to an aromatic ring is 1. The first-order chi connectivity index (χ1) is 12.0. The Kier molecular flexibility index (Phi) is 5.13. The van der Waals surface area contributed by atoms with Gasteiger partial charge in [0.1, 0.15) is 6.04 Å². The van der Waals surface area contributed by atoms with Crippen LogP contribution in [0, 0.1) is 0 Å². The van der Waals surface area contributed by atoms with Gasteiger partial charge >= 0.3 is 6.09 Å². The van der Waals surface area contributed by atoms with Crippen molar-refractivity contribution in [3.05, 3.63) is 24.3 Å². The van der Waals surface area contributed by atoms with Crippen molar-refractivity contribution in [2.75, 3.05) is 43.4 Å². The lowest BCUT2D eigenvalue weighted by Gasteiger charge is -2.48. The van der Waals surface area contributed by atoms with Gasteiger partial charge in [-0.2, -0.15) is 0 Å². The number of rotatable bonds is 4. The number of nitrogens with zero attached hydrogens (tertiary/aromatic N) is 3. The zero-order valence-corrected chi connectivity index (χ0v) is 14.6. The molecule has 3 rings (SSSR count). The lowest BCUT2D eigenvalue weighted by Crippen LogP contribution is -2.66. The van der Waals surface area contributed by atoms with E-state index >= 15 is 0 Å². The highest BCUT2D eigenvalue weighted by Crippen LogP contribution is 2.30. The molecule has 2 aliphatic rings. The Labute approximate surface area is 148 Å².